The van der Waals surface area contributed by atoms with Crippen molar-refractivity contribution < 1.29 is 14.3 Å². The monoisotopic (exact) mass is 290 g/mol. The van der Waals surface area contributed by atoms with Crippen LogP contribution in [-0.2, 0) is 0 Å². The molecule has 114 valence electrons. The van der Waals surface area contributed by atoms with Crippen molar-refractivity contribution in [3.05, 3.63) is 23.8 Å². The Balaban J connectivity index is 2.11. The zero-order chi connectivity index (χ0) is 15.2. The van der Waals surface area contributed by atoms with Crippen molar-refractivity contribution in [3.8, 4) is 11.5 Å². The van der Waals surface area contributed by atoms with Gasteiger partial charge in [-0.05, 0) is 37.3 Å². The van der Waals surface area contributed by atoms with E-state index in [1.807, 2.05) is 0 Å². The molecule has 1 aromatic rings. The third-order valence-electron chi connectivity index (χ3n) is 3.80. The Labute approximate surface area is 125 Å². The Hall–Kier alpha value is -2.04. The molecule has 0 radical (unpaired) electrons. The second kappa shape index (κ2) is 7.11. The number of nitrogens with zero attached hydrogens (tertiary/aromatic N) is 1. The molecule has 2 rings (SSSR count). The molecule has 5 heteroatoms. The van der Waals surface area contributed by atoms with E-state index in [-0.39, 0.29) is 5.91 Å². The third kappa shape index (κ3) is 3.97. The van der Waals surface area contributed by atoms with Crippen LogP contribution < -0.4 is 14.9 Å². The summed E-state index contributed by atoms with van der Waals surface area (Å²) in [6, 6.07) is 5.07. The summed E-state index contributed by atoms with van der Waals surface area (Å²) in [6.07, 6.45) is 4.48. The Morgan fingerprint density at radius 3 is 2.43 bits per heavy atom. The fourth-order valence-corrected chi connectivity index (χ4v) is 2.46. The Morgan fingerprint density at radius 1 is 1.19 bits per heavy atom. The van der Waals surface area contributed by atoms with Crippen LogP contribution in [0.1, 0.15) is 43.0 Å². The predicted octanol–water partition coefficient (Wildman–Crippen LogP) is 3.00. The summed E-state index contributed by atoms with van der Waals surface area (Å²) in [5, 5.41) is 4.29. The molecule has 21 heavy (non-hydrogen) atoms. The van der Waals surface area contributed by atoms with Crippen molar-refractivity contribution in [2.45, 2.75) is 32.6 Å². The molecular formula is C16H22N2O3. The van der Waals surface area contributed by atoms with E-state index < -0.39 is 0 Å². The van der Waals surface area contributed by atoms with Gasteiger partial charge in [0.15, 0.2) is 0 Å². The summed E-state index contributed by atoms with van der Waals surface area (Å²) in [6.45, 7) is 2.15. The lowest BCUT2D eigenvalue weighted by Crippen LogP contribution is -2.24. The summed E-state index contributed by atoms with van der Waals surface area (Å²) >= 11 is 0. The quantitative estimate of drug-likeness (QED) is 0.867. The zero-order valence-electron chi connectivity index (χ0n) is 12.8. The first-order valence-corrected chi connectivity index (χ1v) is 7.24. The van der Waals surface area contributed by atoms with Gasteiger partial charge in [-0.1, -0.05) is 13.3 Å². The molecule has 1 N–H and O–H groups in total. The normalized spacial score (nSPS) is 20.1. The van der Waals surface area contributed by atoms with E-state index >= 15 is 0 Å². The van der Waals surface area contributed by atoms with Crippen LogP contribution in [0.3, 0.4) is 0 Å². The Morgan fingerprint density at radius 2 is 1.86 bits per heavy atom. The molecule has 1 aliphatic carbocycles. The number of ether oxygens (including phenoxy) is 2. The van der Waals surface area contributed by atoms with E-state index in [2.05, 4.69) is 17.5 Å². The van der Waals surface area contributed by atoms with Crippen molar-refractivity contribution >= 4 is 11.6 Å². The van der Waals surface area contributed by atoms with Crippen LogP contribution in [0.2, 0.25) is 0 Å². The second-order valence-electron chi connectivity index (χ2n) is 5.29. The maximum absolute atomic E-state index is 12.2. The molecule has 0 aliphatic heterocycles. The van der Waals surface area contributed by atoms with Crippen molar-refractivity contribution in [3.63, 3.8) is 0 Å². The topological polar surface area (TPSA) is 59.9 Å². The van der Waals surface area contributed by atoms with E-state index in [9.17, 15) is 4.79 Å². The molecule has 0 bridgehead atoms. The molecule has 1 amide bonds. The van der Waals surface area contributed by atoms with Gasteiger partial charge < -0.3 is 9.47 Å². The van der Waals surface area contributed by atoms with E-state index in [0.717, 1.165) is 25.0 Å². The molecule has 0 aromatic heterocycles. The minimum Gasteiger partial charge on any atom is -0.497 e. The fourth-order valence-electron chi connectivity index (χ4n) is 2.46. The molecule has 1 saturated carbocycles. The van der Waals surface area contributed by atoms with E-state index in [1.165, 1.54) is 6.42 Å². The van der Waals surface area contributed by atoms with Gasteiger partial charge in [0.05, 0.1) is 14.2 Å². The fraction of sp³-hybridized carbons (Fsp3) is 0.500. The highest BCUT2D eigenvalue weighted by molar-refractivity contribution is 5.96. The molecule has 0 saturated heterocycles. The number of amides is 1. The van der Waals surface area contributed by atoms with E-state index in [1.54, 1.807) is 32.4 Å². The minimum absolute atomic E-state index is 0.252. The van der Waals surface area contributed by atoms with Crippen LogP contribution in [0.4, 0.5) is 0 Å². The molecule has 0 heterocycles. The lowest BCUT2D eigenvalue weighted by Gasteiger charge is -2.19. The standard InChI is InChI=1S/C16H22N2O3/c1-11-6-4-5-7-15(11)17-18-16(19)12-8-13(20-2)10-14(9-12)21-3/h8-11H,4-7H2,1-3H3,(H,18,19)/b17-15-/t11-/m1/s1. The van der Waals surface area contributed by atoms with E-state index in [4.69, 9.17) is 9.47 Å². The largest absolute Gasteiger partial charge is 0.497 e. The number of methoxy groups -OCH3 is 2. The number of carbonyl (C=O) groups is 1. The summed E-state index contributed by atoms with van der Waals surface area (Å²) in [5.74, 6) is 1.35. The summed E-state index contributed by atoms with van der Waals surface area (Å²) in [7, 11) is 3.11. The first-order chi connectivity index (χ1) is 10.1. The number of nitrogens with one attached hydrogen (secondary N) is 1. The number of hydrogen-bond donors (Lipinski definition) is 1. The highest BCUT2D eigenvalue weighted by Gasteiger charge is 2.16. The van der Waals surface area contributed by atoms with Gasteiger partial charge in [-0.15, -0.1) is 0 Å². The molecule has 1 aliphatic rings. The van der Waals surface area contributed by atoms with Crippen LogP contribution in [-0.4, -0.2) is 25.8 Å². The van der Waals surface area contributed by atoms with Gasteiger partial charge in [0, 0.05) is 17.3 Å². The predicted molar refractivity (Wildman–Crippen MR) is 82.1 cm³/mol. The molecule has 0 unspecified atom stereocenters. The number of benzene rings is 1. The minimum atomic E-state index is -0.252. The van der Waals surface area contributed by atoms with Crippen molar-refractivity contribution in [1.82, 2.24) is 5.43 Å². The van der Waals surface area contributed by atoms with Gasteiger partial charge in [0.2, 0.25) is 0 Å². The molecule has 1 fully saturated rings. The Bertz CT molecular complexity index is 518. The summed E-state index contributed by atoms with van der Waals surface area (Å²) in [5.41, 5.74) is 4.18. The number of hydrazone groups is 1. The second-order valence-corrected chi connectivity index (χ2v) is 5.29. The SMILES string of the molecule is COc1cc(OC)cc(C(=O)N/N=C2/CCCC[C@H]2C)c1. The van der Waals surface area contributed by atoms with Gasteiger partial charge in [-0.25, -0.2) is 5.43 Å². The van der Waals surface area contributed by atoms with Gasteiger partial charge in [-0.2, -0.15) is 5.10 Å². The average molecular weight is 290 g/mol. The van der Waals surface area contributed by atoms with Gasteiger partial charge in [0.1, 0.15) is 11.5 Å². The molecule has 1 aromatic carbocycles. The average Bonchev–Trinajstić information content (AvgIpc) is 2.53. The molecule has 0 spiro atoms. The van der Waals surface area contributed by atoms with Gasteiger partial charge >= 0.3 is 0 Å². The lowest BCUT2D eigenvalue weighted by molar-refractivity contribution is 0.0953. The van der Waals surface area contributed by atoms with Gasteiger partial charge in [0.25, 0.3) is 5.91 Å². The van der Waals surface area contributed by atoms with Crippen molar-refractivity contribution in [2.24, 2.45) is 11.0 Å². The first kappa shape index (κ1) is 15.4. The molecule has 1 atom stereocenters. The smallest absolute Gasteiger partial charge is 0.271 e. The maximum Gasteiger partial charge on any atom is 0.271 e. The number of rotatable bonds is 4. The number of hydrogen-bond acceptors (Lipinski definition) is 4. The Kier molecular flexibility index (Phi) is 5.20. The zero-order valence-corrected chi connectivity index (χ0v) is 12.8. The number of carbonyl (C=O) groups excluding carboxylic acids is 1. The highest BCUT2D eigenvalue weighted by Crippen LogP contribution is 2.23. The van der Waals surface area contributed by atoms with Crippen LogP contribution in [0.15, 0.2) is 23.3 Å². The van der Waals surface area contributed by atoms with E-state index in [0.29, 0.717) is 23.0 Å². The first-order valence-electron chi connectivity index (χ1n) is 7.24. The van der Waals surface area contributed by atoms with Crippen LogP contribution in [0.25, 0.3) is 0 Å². The van der Waals surface area contributed by atoms with Crippen LogP contribution in [0, 0.1) is 5.92 Å². The van der Waals surface area contributed by atoms with Gasteiger partial charge in [-0.3, -0.25) is 4.79 Å². The molecular weight excluding hydrogens is 268 g/mol. The highest BCUT2D eigenvalue weighted by atomic mass is 16.5. The lowest BCUT2D eigenvalue weighted by atomic mass is 9.89. The summed E-state index contributed by atoms with van der Waals surface area (Å²) < 4.78 is 10.3. The van der Waals surface area contributed by atoms with Crippen molar-refractivity contribution in [2.75, 3.05) is 14.2 Å². The van der Waals surface area contributed by atoms with Crippen LogP contribution in [0.5, 0.6) is 11.5 Å². The third-order valence-corrected chi connectivity index (χ3v) is 3.80. The van der Waals surface area contributed by atoms with Crippen LogP contribution >= 0.6 is 0 Å². The molecule has 5 nitrogen and oxygen atoms in total. The van der Waals surface area contributed by atoms with Crippen molar-refractivity contribution in [1.29, 1.82) is 0 Å². The summed E-state index contributed by atoms with van der Waals surface area (Å²) in [4.78, 5) is 12.2. The maximum atomic E-state index is 12.2.